The van der Waals surface area contributed by atoms with Crippen LogP contribution in [0.5, 0.6) is 0 Å². The molecule has 0 radical (unpaired) electrons. The maximum absolute atomic E-state index is 12.5. The summed E-state index contributed by atoms with van der Waals surface area (Å²) in [6.07, 6.45) is 2.09. The molecule has 1 aromatic carbocycles. The minimum absolute atomic E-state index is 0.0788. The first-order chi connectivity index (χ1) is 12.3. The Labute approximate surface area is 153 Å². The lowest BCUT2D eigenvalue weighted by Gasteiger charge is -2.21. The van der Waals surface area contributed by atoms with E-state index >= 15 is 0 Å². The molecule has 1 aliphatic rings. The monoisotopic (exact) mass is 352 g/mol. The number of anilines is 2. The Bertz CT molecular complexity index is 799. The molecule has 2 aromatic rings. The molecule has 0 unspecified atom stereocenters. The Morgan fingerprint density at radius 2 is 1.92 bits per heavy atom. The van der Waals surface area contributed by atoms with Gasteiger partial charge in [-0.2, -0.15) is 0 Å². The van der Waals surface area contributed by atoms with Gasteiger partial charge in [-0.1, -0.05) is 30.3 Å². The maximum Gasteiger partial charge on any atom is 0.320 e. The van der Waals surface area contributed by atoms with Crippen LogP contribution in [0, 0.1) is 0 Å². The van der Waals surface area contributed by atoms with Gasteiger partial charge in [0.25, 0.3) is 0 Å². The number of nitrogens with one attached hydrogen (secondary N) is 2. The molecule has 1 aliphatic heterocycles. The average molecular weight is 352 g/mol. The fourth-order valence-electron chi connectivity index (χ4n) is 3.05. The number of carbonyl (C=O) groups is 2. The molecule has 26 heavy (non-hydrogen) atoms. The third-order valence-electron chi connectivity index (χ3n) is 4.18. The summed E-state index contributed by atoms with van der Waals surface area (Å²) in [6, 6.07) is 13.3. The van der Waals surface area contributed by atoms with E-state index in [0.717, 1.165) is 5.69 Å². The lowest BCUT2D eigenvalue weighted by atomic mass is 9.99. The Morgan fingerprint density at radius 3 is 2.62 bits per heavy atom. The number of pyridine rings is 1. The van der Waals surface area contributed by atoms with Gasteiger partial charge in [-0.05, 0) is 32.4 Å². The van der Waals surface area contributed by atoms with E-state index in [9.17, 15) is 9.59 Å². The van der Waals surface area contributed by atoms with Gasteiger partial charge in [0.05, 0.1) is 0 Å². The predicted octanol–water partition coefficient (Wildman–Crippen LogP) is 3.52. The zero-order valence-electron chi connectivity index (χ0n) is 15.3. The standard InChI is InChI=1S/C20H24N4O2/c1-20(2,3)23-19(26)22-17-12-16(9-10-21-17)24-13-15(11-18(24)25)14-7-5-4-6-8-14/h4-10,12,15H,11,13H2,1-3H3,(H2,21,22,23,26)/t15-/m0/s1. The van der Waals surface area contributed by atoms with Gasteiger partial charge in [-0.3, -0.25) is 10.1 Å². The van der Waals surface area contributed by atoms with Gasteiger partial charge in [0, 0.05) is 42.4 Å². The first-order valence-electron chi connectivity index (χ1n) is 8.72. The molecule has 2 heterocycles. The molecule has 6 nitrogen and oxygen atoms in total. The summed E-state index contributed by atoms with van der Waals surface area (Å²) >= 11 is 0. The van der Waals surface area contributed by atoms with Crippen LogP contribution in [0.2, 0.25) is 0 Å². The molecule has 0 aliphatic carbocycles. The highest BCUT2D eigenvalue weighted by molar-refractivity contribution is 5.97. The largest absolute Gasteiger partial charge is 0.333 e. The van der Waals surface area contributed by atoms with Gasteiger partial charge in [-0.25, -0.2) is 9.78 Å². The predicted molar refractivity (Wildman–Crippen MR) is 102 cm³/mol. The van der Waals surface area contributed by atoms with Crippen LogP contribution in [0.15, 0.2) is 48.7 Å². The molecular weight excluding hydrogens is 328 g/mol. The molecule has 2 N–H and O–H groups in total. The van der Waals surface area contributed by atoms with Gasteiger partial charge in [0.15, 0.2) is 0 Å². The fraction of sp³-hybridized carbons (Fsp3) is 0.350. The summed E-state index contributed by atoms with van der Waals surface area (Å²) in [7, 11) is 0. The zero-order chi connectivity index (χ0) is 18.7. The highest BCUT2D eigenvalue weighted by atomic mass is 16.2. The molecule has 3 rings (SSSR count). The summed E-state index contributed by atoms with van der Waals surface area (Å²) in [5.74, 6) is 0.674. The number of hydrogen-bond donors (Lipinski definition) is 2. The normalized spacial score (nSPS) is 17.3. The Balaban J connectivity index is 1.72. The minimum Gasteiger partial charge on any atom is -0.333 e. The van der Waals surface area contributed by atoms with E-state index in [-0.39, 0.29) is 23.4 Å². The van der Waals surface area contributed by atoms with Crippen LogP contribution in [-0.2, 0) is 4.79 Å². The van der Waals surface area contributed by atoms with Crippen molar-refractivity contribution in [2.75, 3.05) is 16.8 Å². The van der Waals surface area contributed by atoms with Gasteiger partial charge in [0.1, 0.15) is 5.82 Å². The van der Waals surface area contributed by atoms with E-state index in [1.165, 1.54) is 5.56 Å². The SMILES string of the molecule is CC(C)(C)NC(=O)Nc1cc(N2C[C@@H](c3ccccc3)CC2=O)ccn1. The van der Waals surface area contributed by atoms with Crippen LogP contribution >= 0.6 is 0 Å². The molecule has 1 fully saturated rings. The zero-order valence-corrected chi connectivity index (χ0v) is 15.3. The van der Waals surface area contributed by atoms with E-state index in [1.807, 2.05) is 39.0 Å². The Morgan fingerprint density at radius 1 is 1.19 bits per heavy atom. The lowest BCUT2D eigenvalue weighted by molar-refractivity contribution is -0.117. The first-order valence-corrected chi connectivity index (χ1v) is 8.72. The molecular formula is C20H24N4O2. The van der Waals surface area contributed by atoms with Gasteiger partial charge < -0.3 is 10.2 Å². The molecule has 136 valence electrons. The van der Waals surface area contributed by atoms with Gasteiger partial charge in [0.2, 0.25) is 5.91 Å². The van der Waals surface area contributed by atoms with Crippen molar-refractivity contribution in [3.63, 3.8) is 0 Å². The quantitative estimate of drug-likeness (QED) is 0.887. The Hall–Kier alpha value is -2.89. The number of amides is 3. The second-order valence-corrected chi connectivity index (χ2v) is 7.54. The van der Waals surface area contributed by atoms with Crippen molar-refractivity contribution in [3.05, 3.63) is 54.2 Å². The summed E-state index contributed by atoms with van der Waals surface area (Å²) in [4.78, 5) is 30.4. The molecule has 3 amide bonds. The van der Waals surface area contributed by atoms with Crippen molar-refractivity contribution in [1.82, 2.24) is 10.3 Å². The third kappa shape index (κ3) is 4.39. The average Bonchev–Trinajstić information content (AvgIpc) is 2.96. The van der Waals surface area contributed by atoms with Crippen LogP contribution in [0.4, 0.5) is 16.3 Å². The summed E-state index contributed by atoms with van der Waals surface area (Å²) in [6.45, 7) is 6.34. The Kier molecular flexibility index (Phi) is 4.93. The topological polar surface area (TPSA) is 74.3 Å². The molecule has 1 atom stereocenters. The number of urea groups is 1. The number of benzene rings is 1. The van der Waals surface area contributed by atoms with Crippen molar-refractivity contribution < 1.29 is 9.59 Å². The van der Waals surface area contributed by atoms with Crippen LogP contribution in [0.1, 0.15) is 38.7 Å². The molecule has 1 aromatic heterocycles. The summed E-state index contributed by atoms with van der Waals surface area (Å²) in [5, 5.41) is 5.54. The molecule has 0 bridgehead atoms. The fourth-order valence-corrected chi connectivity index (χ4v) is 3.05. The number of aromatic nitrogens is 1. The highest BCUT2D eigenvalue weighted by Gasteiger charge is 2.31. The van der Waals surface area contributed by atoms with Crippen molar-refractivity contribution in [2.45, 2.75) is 38.6 Å². The summed E-state index contributed by atoms with van der Waals surface area (Å²) < 4.78 is 0. The van der Waals surface area contributed by atoms with Gasteiger partial charge >= 0.3 is 6.03 Å². The second-order valence-electron chi connectivity index (χ2n) is 7.54. The minimum atomic E-state index is -0.338. The van der Waals surface area contributed by atoms with E-state index < -0.39 is 0 Å². The number of carbonyl (C=O) groups excluding carboxylic acids is 2. The number of nitrogens with zero attached hydrogens (tertiary/aromatic N) is 2. The van der Waals surface area contributed by atoms with Crippen molar-refractivity contribution >= 4 is 23.4 Å². The number of rotatable bonds is 3. The van der Waals surface area contributed by atoms with E-state index in [0.29, 0.717) is 18.8 Å². The third-order valence-corrected chi connectivity index (χ3v) is 4.18. The molecule has 0 spiro atoms. The first kappa shape index (κ1) is 17.9. The maximum atomic E-state index is 12.5. The van der Waals surface area contributed by atoms with Gasteiger partial charge in [-0.15, -0.1) is 0 Å². The molecule has 1 saturated heterocycles. The van der Waals surface area contributed by atoms with Crippen molar-refractivity contribution in [2.24, 2.45) is 0 Å². The lowest BCUT2D eigenvalue weighted by Crippen LogP contribution is -2.43. The van der Waals surface area contributed by atoms with Crippen molar-refractivity contribution in [3.8, 4) is 0 Å². The van der Waals surface area contributed by atoms with Crippen LogP contribution < -0.4 is 15.5 Å². The van der Waals surface area contributed by atoms with Crippen molar-refractivity contribution in [1.29, 1.82) is 0 Å². The number of hydrogen-bond acceptors (Lipinski definition) is 3. The molecule has 0 saturated carbocycles. The second kappa shape index (κ2) is 7.15. The van der Waals surface area contributed by atoms with Crippen LogP contribution in [-0.4, -0.2) is 29.0 Å². The highest BCUT2D eigenvalue weighted by Crippen LogP contribution is 2.32. The van der Waals surface area contributed by atoms with E-state index in [4.69, 9.17) is 0 Å². The van der Waals surface area contributed by atoms with Crippen LogP contribution in [0.3, 0.4) is 0 Å². The molecule has 6 heteroatoms. The summed E-state index contributed by atoms with van der Waals surface area (Å²) in [5.41, 5.74) is 1.57. The van der Waals surface area contributed by atoms with Crippen LogP contribution in [0.25, 0.3) is 0 Å². The van der Waals surface area contributed by atoms with E-state index in [2.05, 4.69) is 27.8 Å². The van der Waals surface area contributed by atoms with E-state index in [1.54, 1.807) is 23.2 Å². The smallest absolute Gasteiger partial charge is 0.320 e.